The van der Waals surface area contributed by atoms with Crippen molar-refractivity contribution in [2.24, 2.45) is 11.7 Å². The fourth-order valence-corrected chi connectivity index (χ4v) is 4.73. The van der Waals surface area contributed by atoms with Crippen molar-refractivity contribution in [1.82, 2.24) is 24.8 Å². The zero-order valence-electron chi connectivity index (χ0n) is 18.6. The molecule has 1 fully saturated rings. The predicted octanol–water partition coefficient (Wildman–Crippen LogP) is 4.30. The van der Waals surface area contributed by atoms with Crippen molar-refractivity contribution in [3.8, 4) is 22.6 Å². The Balaban J connectivity index is 1.65. The van der Waals surface area contributed by atoms with Crippen molar-refractivity contribution < 1.29 is 17.6 Å². The van der Waals surface area contributed by atoms with E-state index in [1.807, 2.05) is 0 Å². The molecular formula is C23H23F3N6O2. The Labute approximate surface area is 192 Å². The second kappa shape index (κ2) is 8.08. The molecule has 178 valence electrons. The highest BCUT2D eigenvalue weighted by Crippen LogP contribution is 2.39. The number of nitrogens with one attached hydrogen (secondary N) is 1. The van der Waals surface area contributed by atoms with Crippen molar-refractivity contribution in [3.05, 3.63) is 58.0 Å². The van der Waals surface area contributed by atoms with Gasteiger partial charge in [-0.2, -0.15) is 22.8 Å². The number of H-pyrrole nitrogens is 1. The van der Waals surface area contributed by atoms with Crippen LogP contribution in [0.25, 0.3) is 28.2 Å². The van der Waals surface area contributed by atoms with E-state index in [0.29, 0.717) is 22.0 Å². The Bertz CT molecular complexity index is 1410. The number of hydrogen-bond donors (Lipinski definition) is 2. The Morgan fingerprint density at radius 3 is 2.56 bits per heavy atom. The van der Waals surface area contributed by atoms with E-state index in [0.717, 1.165) is 19.3 Å². The summed E-state index contributed by atoms with van der Waals surface area (Å²) in [6.07, 6.45) is -2.19. The number of hydrogen-bond acceptors (Lipinski definition) is 6. The molecular weight excluding hydrogens is 449 g/mol. The second-order valence-corrected chi connectivity index (χ2v) is 8.91. The lowest BCUT2D eigenvalue weighted by molar-refractivity contribution is -0.140. The van der Waals surface area contributed by atoms with Crippen LogP contribution >= 0.6 is 0 Å². The number of fused-ring (bicyclic) bond motifs is 1. The van der Waals surface area contributed by atoms with Gasteiger partial charge in [-0.25, -0.2) is 0 Å². The number of aromatic amines is 1. The minimum Gasteiger partial charge on any atom is -0.420 e. The first-order valence-corrected chi connectivity index (χ1v) is 11.0. The lowest BCUT2D eigenvalue weighted by Crippen LogP contribution is -2.34. The van der Waals surface area contributed by atoms with E-state index in [4.69, 9.17) is 10.2 Å². The Morgan fingerprint density at radius 2 is 1.88 bits per heavy atom. The molecule has 3 N–H and O–H groups in total. The van der Waals surface area contributed by atoms with Crippen LogP contribution in [0.2, 0.25) is 0 Å². The molecule has 0 bridgehead atoms. The van der Waals surface area contributed by atoms with Gasteiger partial charge in [0.2, 0.25) is 5.89 Å². The average Bonchev–Trinajstić information content (AvgIpc) is 3.40. The van der Waals surface area contributed by atoms with Crippen molar-refractivity contribution in [3.63, 3.8) is 0 Å². The molecule has 5 rings (SSSR count). The van der Waals surface area contributed by atoms with Gasteiger partial charge in [0.1, 0.15) is 11.2 Å². The van der Waals surface area contributed by atoms with Gasteiger partial charge in [-0.3, -0.25) is 4.79 Å². The SMILES string of the molecule is Cc1[nH]c2c(-c3ccccc3)c(C(F)(F)F)nn2c(=O)c1-c1nnc(C2CCC(C)CC2N)o1. The summed E-state index contributed by atoms with van der Waals surface area (Å²) in [5.41, 5.74) is 4.63. The molecule has 0 radical (unpaired) electrons. The van der Waals surface area contributed by atoms with Crippen molar-refractivity contribution in [2.75, 3.05) is 0 Å². The number of nitrogens with two attached hydrogens (primary N) is 1. The van der Waals surface area contributed by atoms with Crippen LogP contribution in [-0.2, 0) is 6.18 Å². The first-order valence-electron chi connectivity index (χ1n) is 11.0. The van der Waals surface area contributed by atoms with Gasteiger partial charge in [-0.15, -0.1) is 10.2 Å². The Morgan fingerprint density at radius 1 is 1.15 bits per heavy atom. The molecule has 0 saturated heterocycles. The summed E-state index contributed by atoms with van der Waals surface area (Å²) in [6, 6.07) is 7.86. The van der Waals surface area contributed by atoms with E-state index >= 15 is 0 Å². The lowest BCUT2D eigenvalue weighted by atomic mass is 9.79. The third kappa shape index (κ3) is 3.69. The van der Waals surface area contributed by atoms with Crippen molar-refractivity contribution >= 4 is 5.65 Å². The molecule has 3 atom stereocenters. The number of aryl methyl sites for hydroxylation is 1. The standard InChI is InChI=1S/C23H23F3N6O2/c1-11-8-9-14(15(27)10-11)20-29-30-21(34-20)16-12(2)28-19-17(13-6-4-3-5-7-13)18(23(24,25)26)31-32(19)22(16)33/h3-7,11,14-15,28H,8-10,27H2,1-2H3. The maximum atomic E-state index is 13.9. The monoisotopic (exact) mass is 472 g/mol. The van der Waals surface area contributed by atoms with Gasteiger partial charge in [-0.05, 0) is 37.7 Å². The van der Waals surface area contributed by atoms with Gasteiger partial charge in [0.25, 0.3) is 11.4 Å². The molecule has 4 aromatic rings. The molecule has 0 aliphatic heterocycles. The number of benzene rings is 1. The van der Waals surface area contributed by atoms with Crippen LogP contribution in [0.1, 0.15) is 49.4 Å². The van der Waals surface area contributed by atoms with E-state index < -0.39 is 17.4 Å². The van der Waals surface area contributed by atoms with E-state index in [1.54, 1.807) is 25.1 Å². The highest BCUT2D eigenvalue weighted by atomic mass is 19.4. The summed E-state index contributed by atoms with van der Waals surface area (Å²) in [7, 11) is 0. The highest BCUT2D eigenvalue weighted by Gasteiger charge is 2.40. The van der Waals surface area contributed by atoms with Crippen LogP contribution in [0.4, 0.5) is 13.2 Å². The number of alkyl halides is 3. The van der Waals surface area contributed by atoms with Crippen LogP contribution in [-0.4, -0.2) is 30.8 Å². The fourth-order valence-electron chi connectivity index (χ4n) is 4.73. The van der Waals surface area contributed by atoms with Gasteiger partial charge >= 0.3 is 6.18 Å². The van der Waals surface area contributed by atoms with Gasteiger partial charge in [-0.1, -0.05) is 37.3 Å². The van der Waals surface area contributed by atoms with Gasteiger partial charge in [0, 0.05) is 11.7 Å². The first kappa shape index (κ1) is 22.3. The van der Waals surface area contributed by atoms with E-state index in [-0.39, 0.29) is 40.2 Å². The number of aromatic nitrogens is 5. The normalized spacial score (nSPS) is 21.3. The number of rotatable bonds is 3. The topological polar surface area (TPSA) is 115 Å². The van der Waals surface area contributed by atoms with E-state index in [2.05, 4.69) is 27.2 Å². The molecule has 11 heteroatoms. The minimum absolute atomic E-state index is 0.0279. The third-order valence-corrected chi connectivity index (χ3v) is 6.44. The maximum Gasteiger partial charge on any atom is 0.435 e. The Kier molecular flexibility index (Phi) is 5.31. The van der Waals surface area contributed by atoms with Crippen LogP contribution in [0.3, 0.4) is 0 Å². The molecule has 34 heavy (non-hydrogen) atoms. The third-order valence-electron chi connectivity index (χ3n) is 6.44. The van der Waals surface area contributed by atoms with Crippen LogP contribution in [0, 0.1) is 12.8 Å². The molecule has 3 heterocycles. The van der Waals surface area contributed by atoms with Gasteiger partial charge in [0.05, 0.1) is 11.5 Å². The maximum absolute atomic E-state index is 13.9. The van der Waals surface area contributed by atoms with Gasteiger partial charge < -0.3 is 15.1 Å². The van der Waals surface area contributed by atoms with Crippen LogP contribution in [0.15, 0.2) is 39.5 Å². The summed E-state index contributed by atoms with van der Waals surface area (Å²) < 4.78 is 48.1. The zero-order valence-corrected chi connectivity index (χ0v) is 18.6. The molecule has 3 unspecified atom stereocenters. The second-order valence-electron chi connectivity index (χ2n) is 8.91. The van der Waals surface area contributed by atoms with Crippen LogP contribution in [0.5, 0.6) is 0 Å². The highest BCUT2D eigenvalue weighted by molar-refractivity contribution is 5.81. The molecule has 0 spiro atoms. The molecule has 3 aromatic heterocycles. The molecule has 1 aliphatic carbocycles. The summed E-state index contributed by atoms with van der Waals surface area (Å²) in [6.45, 7) is 3.71. The minimum atomic E-state index is -4.77. The molecule has 0 amide bonds. The van der Waals surface area contributed by atoms with E-state index in [1.165, 1.54) is 12.1 Å². The lowest BCUT2D eigenvalue weighted by Gasteiger charge is -2.29. The molecule has 1 aliphatic rings. The summed E-state index contributed by atoms with van der Waals surface area (Å²) in [4.78, 5) is 16.2. The quantitative estimate of drug-likeness (QED) is 0.460. The molecule has 8 nitrogen and oxygen atoms in total. The summed E-state index contributed by atoms with van der Waals surface area (Å²) >= 11 is 0. The van der Waals surface area contributed by atoms with E-state index in [9.17, 15) is 18.0 Å². The Hall–Kier alpha value is -3.47. The summed E-state index contributed by atoms with van der Waals surface area (Å²) in [5.74, 6) is 0.621. The number of nitrogens with zero attached hydrogens (tertiary/aromatic N) is 4. The molecule has 1 saturated carbocycles. The number of halogens is 3. The van der Waals surface area contributed by atoms with Crippen molar-refractivity contribution in [2.45, 2.75) is 51.2 Å². The largest absolute Gasteiger partial charge is 0.435 e. The average molecular weight is 472 g/mol. The van der Waals surface area contributed by atoms with Crippen LogP contribution < -0.4 is 11.3 Å². The molecule has 1 aromatic carbocycles. The van der Waals surface area contributed by atoms with Gasteiger partial charge in [0.15, 0.2) is 5.69 Å². The smallest absolute Gasteiger partial charge is 0.420 e. The zero-order chi connectivity index (χ0) is 24.2. The predicted molar refractivity (Wildman–Crippen MR) is 118 cm³/mol. The fraction of sp³-hybridized carbons (Fsp3) is 0.391. The van der Waals surface area contributed by atoms with Crippen molar-refractivity contribution in [1.29, 1.82) is 0 Å². The first-order chi connectivity index (χ1) is 16.1. The summed E-state index contributed by atoms with van der Waals surface area (Å²) in [5, 5.41) is 11.8.